The summed E-state index contributed by atoms with van der Waals surface area (Å²) in [4.78, 5) is 18.8. The van der Waals surface area contributed by atoms with Gasteiger partial charge in [-0.2, -0.15) is 0 Å². The predicted molar refractivity (Wildman–Crippen MR) is 97.5 cm³/mol. The largest absolute Gasteiger partial charge is 0.286 e. The molecule has 0 atom stereocenters. The molecule has 0 saturated carbocycles. The molecule has 0 bridgehead atoms. The molecule has 3 nitrogen and oxygen atoms in total. The SMILES string of the molecule is O=C(c1ccccc1Cl)N1CCN=C1SCc1cccc(Cl)c1. The van der Waals surface area contributed by atoms with Gasteiger partial charge >= 0.3 is 0 Å². The van der Waals surface area contributed by atoms with Crippen LogP contribution in [0.3, 0.4) is 0 Å². The van der Waals surface area contributed by atoms with Gasteiger partial charge in [0.05, 0.1) is 17.1 Å². The zero-order valence-electron chi connectivity index (χ0n) is 12.2. The van der Waals surface area contributed by atoms with Crippen LogP contribution in [0.5, 0.6) is 0 Å². The van der Waals surface area contributed by atoms with Crippen molar-refractivity contribution >= 4 is 46.0 Å². The first-order chi connectivity index (χ1) is 11.1. The predicted octanol–water partition coefficient (Wildman–Crippen LogP) is 4.74. The molecule has 1 amide bonds. The topological polar surface area (TPSA) is 32.7 Å². The van der Waals surface area contributed by atoms with Crippen molar-refractivity contribution in [3.63, 3.8) is 0 Å². The Morgan fingerprint density at radius 3 is 2.78 bits per heavy atom. The molecule has 0 fully saturated rings. The van der Waals surface area contributed by atoms with Crippen LogP contribution in [-0.4, -0.2) is 29.1 Å². The van der Waals surface area contributed by atoms with E-state index < -0.39 is 0 Å². The van der Waals surface area contributed by atoms with Crippen LogP contribution in [0.15, 0.2) is 53.5 Å². The number of benzene rings is 2. The lowest BCUT2D eigenvalue weighted by Crippen LogP contribution is -2.33. The summed E-state index contributed by atoms with van der Waals surface area (Å²) >= 11 is 13.7. The third-order valence-corrected chi connectivity index (χ3v) is 5.06. The Kier molecular flexibility index (Phi) is 5.26. The number of thioether (sulfide) groups is 1. The highest BCUT2D eigenvalue weighted by molar-refractivity contribution is 8.13. The van der Waals surface area contributed by atoms with Crippen LogP contribution < -0.4 is 0 Å². The van der Waals surface area contributed by atoms with Crippen molar-refractivity contribution < 1.29 is 4.79 Å². The van der Waals surface area contributed by atoms with Crippen molar-refractivity contribution in [2.24, 2.45) is 4.99 Å². The van der Waals surface area contributed by atoms with Crippen molar-refractivity contribution in [2.75, 3.05) is 13.1 Å². The molecule has 3 rings (SSSR count). The van der Waals surface area contributed by atoms with Gasteiger partial charge in [0.2, 0.25) is 0 Å². The zero-order chi connectivity index (χ0) is 16.2. The van der Waals surface area contributed by atoms with Crippen LogP contribution in [0.2, 0.25) is 10.0 Å². The summed E-state index contributed by atoms with van der Waals surface area (Å²) < 4.78 is 0. The lowest BCUT2D eigenvalue weighted by molar-refractivity contribution is 0.0861. The molecule has 0 radical (unpaired) electrons. The minimum Gasteiger partial charge on any atom is -0.286 e. The van der Waals surface area contributed by atoms with Gasteiger partial charge in [-0.3, -0.25) is 14.7 Å². The maximum Gasteiger partial charge on any atom is 0.261 e. The fourth-order valence-corrected chi connectivity index (χ4v) is 3.71. The van der Waals surface area contributed by atoms with Crippen LogP contribution in [-0.2, 0) is 5.75 Å². The molecule has 0 unspecified atom stereocenters. The number of carbonyl (C=O) groups is 1. The Hall–Kier alpha value is -1.49. The highest BCUT2D eigenvalue weighted by atomic mass is 35.5. The summed E-state index contributed by atoms with van der Waals surface area (Å²) in [5.41, 5.74) is 1.61. The number of amidine groups is 1. The van der Waals surface area contributed by atoms with Crippen molar-refractivity contribution in [3.05, 3.63) is 69.7 Å². The normalized spacial score (nSPS) is 14.0. The van der Waals surface area contributed by atoms with Gasteiger partial charge in [-0.15, -0.1) is 0 Å². The third kappa shape index (κ3) is 3.89. The number of carbonyl (C=O) groups excluding carboxylic acids is 1. The van der Waals surface area contributed by atoms with Crippen LogP contribution in [0, 0.1) is 0 Å². The molecule has 0 saturated heterocycles. The zero-order valence-corrected chi connectivity index (χ0v) is 14.5. The molecule has 2 aromatic carbocycles. The maximum atomic E-state index is 12.7. The smallest absolute Gasteiger partial charge is 0.261 e. The van der Waals surface area contributed by atoms with Gasteiger partial charge in [0, 0.05) is 17.3 Å². The van der Waals surface area contributed by atoms with E-state index >= 15 is 0 Å². The average Bonchev–Trinajstić information content (AvgIpc) is 3.01. The number of hydrogen-bond donors (Lipinski definition) is 0. The van der Waals surface area contributed by atoms with E-state index in [4.69, 9.17) is 23.2 Å². The van der Waals surface area contributed by atoms with E-state index in [1.807, 2.05) is 36.4 Å². The minimum absolute atomic E-state index is 0.106. The first kappa shape index (κ1) is 16.4. The number of hydrogen-bond acceptors (Lipinski definition) is 3. The molecule has 1 aliphatic rings. The number of nitrogens with zero attached hydrogens (tertiary/aromatic N) is 2. The van der Waals surface area contributed by atoms with Crippen molar-refractivity contribution in [2.45, 2.75) is 5.75 Å². The number of aliphatic imine (C=N–C) groups is 1. The summed E-state index contributed by atoms with van der Waals surface area (Å²) in [5, 5.41) is 1.90. The monoisotopic (exact) mass is 364 g/mol. The lowest BCUT2D eigenvalue weighted by Gasteiger charge is -2.18. The van der Waals surface area contributed by atoms with E-state index in [0.717, 1.165) is 10.7 Å². The second-order valence-electron chi connectivity index (χ2n) is 5.02. The van der Waals surface area contributed by atoms with Gasteiger partial charge in [-0.1, -0.05) is 59.2 Å². The molecule has 118 valence electrons. The standard InChI is InChI=1S/C17H14Cl2N2OS/c18-13-5-3-4-12(10-13)11-23-17-20-8-9-21(17)16(22)14-6-1-2-7-15(14)19/h1-7,10H,8-9,11H2. The fraction of sp³-hybridized carbons (Fsp3) is 0.176. The molecule has 0 aliphatic carbocycles. The summed E-state index contributed by atoms with van der Waals surface area (Å²) in [6.45, 7) is 1.20. The Morgan fingerprint density at radius 1 is 1.17 bits per heavy atom. The Labute approximate surface area is 149 Å². The Morgan fingerprint density at radius 2 is 2.00 bits per heavy atom. The van der Waals surface area contributed by atoms with Gasteiger partial charge in [0.15, 0.2) is 5.17 Å². The molecule has 2 aromatic rings. The van der Waals surface area contributed by atoms with Gasteiger partial charge in [0.25, 0.3) is 5.91 Å². The Balaban J connectivity index is 1.70. The van der Waals surface area contributed by atoms with E-state index in [-0.39, 0.29) is 5.91 Å². The maximum absolute atomic E-state index is 12.7. The summed E-state index contributed by atoms with van der Waals surface area (Å²) in [6, 6.07) is 14.8. The van der Waals surface area contributed by atoms with E-state index in [2.05, 4.69) is 4.99 Å². The van der Waals surface area contributed by atoms with E-state index in [0.29, 0.717) is 34.5 Å². The van der Waals surface area contributed by atoms with E-state index in [9.17, 15) is 4.79 Å². The molecular weight excluding hydrogens is 351 g/mol. The summed E-state index contributed by atoms with van der Waals surface area (Å²) in [7, 11) is 0. The highest BCUT2D eigenvalue weighted by Crippen LogP contribution is 2.24. The molecule has 0 aromatic heterocycles. The molecule has 1 heterocycles. The lowest BCUT2D eigenvalue weighted by atomic mass is 10.2. The van der Waals surface area contributed by atoms with Gasteiger partial charge in [-0.25, -0.2) is 0 Å². The summed E-state index contributed by atoms with van der Waals surface area (Å²) in [5.74, 6) is 0.608. The number of amides is 1. The van der Waals surface area contributed by atoms with Gasteiger partial charge in [0.1, 0.15) is 0 Å². The van der Waals surface area contributed by atoms with Crippen molar-refractivity contribution in [1.29, 1.82) is 0 Å². The molecular formula is C17H14Cl2N2OS. The average molecular weight is 365 g/mol. The van der Waals surface area contributed by atoms with Crippen LogP contribution in [0.4, 0.5) is 0 Å². The third-order valence-electron chi connectivity index (χ3n) is 3.41. The van der Waals surface area contributed by atoms with E-state index in [1.54, 1.807) is 17.0 Å². The molecule has 23 heavy (non-hydrogen) atoms. The van der Waals surface area contributed by atoms with Gasteiger partial charge < -0.3 is 0 Å². The molecule has 0 N–H and O–H groups in total. The van der Waals surface area contributed by atoms with Crippen LogP contribution in [0.1, 0.15) is 15.9 Å². The molecule has 6 heteroatoms. The molecule has 1 aliphatic heterocycles. The highest BCUT2D eigenvalue weighted by Gasteiger charge is 2.26. The fourth-order valence-electron chi connectivity index (χ4n) is 2.29. The van der Waals surface area contributed by atoms with E-state index in [1.165, 1.54) is 11.8 Å². The number of halogens is 2. The van der Waals surface area contributed by atoms with Crippen molar-refractivity contribution in [1.82, 2.24) is 4.90 Å². The number of rotatable bonds is 3. The van der Waals surface area contributed by atoms with Crippen LogP contribution >= 0.6 is 35.0 Å². The van der Waals surface area contributed by atoms with Crippen molar-refractivity contribution in [3.8, 4) is 0 Å². The second-order valence-corrected chi connectivity index (χ2v) is 6.81. The molecule has 0 spiro atoms. The van der Waals surface area contributed by atoms with Gasteiger partial charge in [-0.05, 0) is 29.8 Å². The van der Waals surface area contributed by atoms with Crippen LogP contribution in [0.25, 0.3) is 0 Å². The quantitative estimate of drug-likeness (QED) is 0.787. The minimum atomic E-state index is -0.106. The first-order valence-electron chi connectivity index (χ1n) is 7.13. The second kappa shape index (κ2) is 7.39. The Bertz CT molecular complexity index is 764. The first-order valence-corrected chi connectivity index (χ1v) is 8.87. The summed E-state index contributed by atoms with van der Waals surface area (Å²) in [6.07, 6.45) is 0.